The molecule has 4 nitrogen and oxygen atoms in total. The van der Waals surface area contributed by atoms with Crippen molar-refractivity contribution in [2.24, 2.45) is 4.99 Å². The zero-order valence-corrected chi connectivity index (χ0v) is 17.8. The van der Waals surface area contributed by atoms with Gasteiger partial charge >= 0.3 is 0 Å². The molecule has 1 heterocycles. The summed E-state index contributed by atoms with van der Waals surface area (Å²) >= 11 is 2.03. The van der Waals surface area contributed by atoms with Gasteiger partial charge < -0.3 is 15.0 Å². The first-order valence-electron chi connectivity index (χ1n) is 7.67. The number of nitrogens with zero attached hydrogens (tertiary/aromatic N) is 2. The summed E-state index contributed by atoms with van der Waals surface area (Å²) in [5, 5.41) is 3.48. The van der Waals surface area contributed by atoms with Gasteiger partial charge in [0.25, 0.3) is 0 Å². The molecule has 0 radical (unpaired) electrons. The highest BCUT2D eigenvalue weighted by Crippen LogP contribution is 2.29. The summed E-state index contributed by atoms with van der Waals surface area (Å²) in [7, 11) is 3.56. The molecule has 0 spiro atoms. The summed E-state index contributed by atoms with van der Waals surface area (Å²) in [5.41, 5.74) is 2.42. The van der Waals surface area contributed by atoms with Crippen LogP contribution >= 0.6 is 35.7 Å². The van der Waals surface area contributed by atoms with E-state index >= 15 is 0 Å². The van der Waals surface area contributed by atoms with Crippen LogP contribution in [0.15, 0.2) is 23.2 Å². The third-order valence-electron chi connectivity index (χ3n) is 3.73. The van der Waals surface area contributed by atoms with Crippen molar-refractivity contribution in [2.45, 2.75) is 32.1 Å². The van der Waals surface area contributed by atoms with E-state index in [1.807, 2.05) is 24.9 Å². The molecule has 1 aromatic carbocycles. The number of hydrogen-bond acceptors (Lipinski definition) is 3. The Kier molecular flexibility index (Phi) is 8.00. The van der Waals surface area contributed by atoms with Gasteiger partial charge in [0.15, 0.2) is 5.96 Å². The number of rotatable bonds is 3. The second-order valence-corrected chi connectivity index (χ2v) is 8.09. The average molecular weight is 449 g/mol. The topological polar surface area (TPSA) is 36.9 Å². The van der Waals surface area contributed by atoms with Crippen molar-refractivity contribution < 1.29 is 4.74 Å². The Morgan fingerprint density at radius 2 is 2.13 bits per heavy atom. The molecule has 1 aromatic rings. The van der Waals surface area contributed by atoms with Crippen LogP contribution < -0.4 is 10.1 Å². The van der Waals surface area contributed by atoms with E-state index in [0.717, 1.165) is 37.1 Å². The minimum Gasteiger partial charge on any atom is -0.497 e. The van der Waals surface area contributed by atoms with Crippen molar-refractivity contribution in [1.29, 1.82) is 0 Å². The lowest BCUT2D eigenvalue weighted by Gasteiger charge is -2.39. The smallest absolute Gasteiger partial charge is 0.193 e. The number of nitrogens with one attached hydrogen (secondary N) is 1. The van der Waals surface area contributed by atoms with Gasteiger partial charge in [-0.1, -0.05) is 6.07 Å². The second kappa shape index (κ2) is 9.01. The summed E-state index contributed by atoms with van der Waals surface area (Å²) in [4.78, 5) is 6.80. The van der Waals surface area contributed by atoms with E-state index in [2.05, 4.69) is 48.1 Å². The molecular weight excluding hydrogens is 421 g/mol. The van der Waals surface area contributed by atoms with E-state index in [-0.39, 0.29) is 28.7 Å². The lowest BCUT2D eigenvalue weighted by atomic mass is 10.1. The fraction of sp³-hybridized carbons (Fsp3) is 0.588. The minimum atomic E-state index is 0. The Hall–Kier alpha value is -0.630. The van der Waals surface area contributed by atoms with Gasteiger partial charge in [-0.3, -0.25) is 4.99 Å². The van der Waals surface area contributed by atoms with Crippen molar-refractivity contribution in [3.63, 3.8) is 0 Å². The first-order chi connectivity index (χ1) is 10.4. The molecule has 0 bridgehead atoms. The first kappa shape index (κ1) is 20.4. The highest BCUT2D eigenvalue weighted by Gasteiger charge is 2.28. The van der Waals surface area contributed by atoms with Crippen LogP contribution in [-0.2, 0) is 6.54 Å². The Bertz CT molecular complexity index is 549. The van der Waals surface area contributed by atoms with E-state index in [0.29, 0.717) is 0 Å². The molecule has 1 N–H and O–H groups in total. The molecule has 2 rings (SSSR count). The highest BCUT2D eigenvalue weighted by molar-refractivity contribution is 14.0. The molecule has 0 saturated carbocycles. The summed E-state index contributed by atoms with van der Waals surface area (Å²) < 4.78 is 5.62. The average Bonchev–Trinajstić information content (AvgIpc) is 2.46. The summed E-state index contributed by atoms with van der Waals surface area (Å²) in [6.07, 6.45) is 0. The number of thioether (sulfide) groups is 1. The third-order valence-corrected chi connectivity index (χ3v) is 5.03. The van der Waals surface area contributed by atoms with Crippen LogP contribution in [0.5, 0.6) is 5.75 Å². The molecule has 1 fully saturated rings. The maximum Gasteiger partial charge on any atom is 0.193 e. The largest absolute Gasteiger partial charge is 0.497 e. The van der Waals surface area contributed by atoms with Gasteiger partial charge in [0.05, 0.1) is 7.11 Å². The van der Waals surface area contributed by atoms with E-state index in [1.54, 1.807) is 7.11 Å². The normalized spacial score (nSPS) is 17.4. The Balaban J connectivity index is 0.00000264. The fourth-order valence-electron chi connectivity index (χ4n) is 2.76. The van der Waals surface area contributed by atoms with Gasteiger partial charge in [0.2, 0.25) is 0 Å². The van der Waals surface area contributed by atoms with E-state index in [4.69, 9.17) is 4.74 Å². The molecule has 0 unspecified atom stereocenters. The zero-order valence-electron chi connectivity index (χ0n) is 14.7. The molecule has 1 aliphatic heterocycles. The van der Waals surface area contributed by atoms with Crippen molar-refractivity contribution in [2.75, 3.05) is 33.0 Å². The van der Waals surface area contributed by atoms with Crippen molar-refractivity contribution in [3.8, 4) is 5.75 Å². The number of aryl methyl sites for hydroxylation is 1. The molecule has 0 aliphatic carbocycles. The van der Waals surface area contributed by atoms with Gasteiger partial charge in [-0.2, -0.15) is 11.8 Å². The SMILES string of the molecule is CN=C(NCc1cc(C)cc(OC)c1)N1CCSC(C)(C)C1.I. The number of halogens is 1. The van der Waals surface area contributed by atoms with Crippen LogP contribution in [0.3, 0.4) is 0 Å². The van der Waals surface area contributed by atoms with Crippen LogP contribution in [0.25, 0.3) is 0 Å². The Morgan fingerprint density at radius 3 is 2.74 bits per heavy atom. The number of ether oxygens (including phenoxy) is 1. The monoisotopic (exact) mass is 449 g/mol. The van der Waals surface area contributed by atoms with Crippen LogP contribution in [-0.4, -0.2) is 48.6 Å². The number of aliphatic imine (C=N–C) groups is 1. The molecule has 6 heteroatoms. The minimum absolute atomic E-state index is 0. The summed E-state index contributed by atoms with van der Waals surface area (Å²) in [5.74, 6) is 3.03. The fourth-order valence-corrected chi connectivity index (χ4v) is 3.87. The lowest BCUT2D eigenvalue weighted by Crippen LogP contribution is -2.50. The van der Waals surface area contributed by atoms with Crippen LogP contribution in [0.1, 0.15) is 25.0 Å². The maximum atomic E-state index is 5.34. The molecule has 1 saturated heterocycles. The van der Waals surface area contributed by atoms with Crippen molar-refractivity contribution in [3.05, 3.63) is 29.3 Å². The highest BCUT2D eigenvalue weighted by atomic mass is 127. The number of benzene rings is 1. The van der Waals surface area contributed by atoms with Crippen LogP contribution in [0, 0.1) is 6.92 Å². The van der Waals surface area contributed by atoms with Crippen LogP contribution in [0.4, 0.5) is 0 Å². The predicted molar refractivity (Wildman–Crippen MR) is 111 cm³/mol. The first-order valence-corrected chi connectivity index (χ1v) is 8.66. The molecule has 23 heavy (non-hydrogen) atoms. The second-order valence-electron chi connectivity index (χ2n) is 6.29. The molecule has 0 atom stereocenters. The summed E-state index contributed by atoms with van der Waals surface area (Å²) in [6.45, 7) is 9.50. The lowest BCUT2D eigenvalue weighted by molar-refractivity contribution is 0.375. The van der Waals surface area contributed by atoms with E-state index in [9.17, 15) is 0 Å². The maximum absolute atomic E-state index is 5.34. The number of hydrogen-bond donors (Lipinski definition) is 1. The zero-order chi connectivity index (χ0) is 16.2. The number of methoxy groups -OCH3 is 1. The van der Waals surface area contributed by atoms with Gasteiger partial charge in [0.1, 0.15) is 5.75 Å². The molecule has 130 valence electrons. The molecule has 1 aliphatic rings. The molecule has 0 amide bonds. The van der Waals surface area contributed by atoms with Crippen molar-refractivity contribution in [1.82, 2.24) is 10.2 Å². The number of guanidine groups is 1. The van der Waals surface area contributed by atoms with Gasteiger partial charge in [0, 0.05) is 37.2 Å². The Labute approximate surface area is 161 Å². The standard InChI is InChI=1S/C17H27N3OS.HI/c1-13-8-14(10-15(9-13)21-5)11-19-16(18-4)20-6-7-22-17(2,3)12-20;/h8-10H,6-7,11-12H2,1-5H3,(H,18,19);1H. The third kappa shape index (κ3) is 6.06. The molecule has 0 aromatic heterocycles. The van der Waals surface area contributed by atoms with Crippen molar-refractivity contribution >= 4 is 41.7 Å². The summed E-state index contributed by atoms with van der Waals surface area (Å²) in [6, 6.07) is 6.30. The molecular formula is C17H28IN3OS. The quantitative estimate of drug-likeness (QED) is 0.435. The van der Waals surface area contributed by atoms with E-state index in [1.165, 1.54) is 11.1 Å². The van der Waals surface area contributed by atoms with E-state index < -0.39 is 0 Å². The van der Waals surface area contributed by atoms with Gasteiger partial charge in [-0.05, 0) is 44.0 Å². The van der Waals surface area contributed by atoms with Crippen LogP contribution in [0.2, 0.25) is 0 Å². The van der Waals surface area contributed by atoms with Gasteiger partial charge in [-0.25, -0.2) is 0 Å². The Morgan fingerprint density at radius 1 is 1.39 bits per heavy atom. The van der Waals surface area contributed by atoms with Gasteiger partial charge in [-0.15, -0.1) is 24.0 Å². The predicted octanol–water partition coefficient (Wildman–Crippen LogP) is 3.52.